The van der Waals surface area contributed by atoms with Crippen LogP contribution < -0.4 is 4.74 Å². The molecule has 0 spiro atoms. The van der Waals surface area contributed by atoms with Crippen LogP contribution in [-0.2, 0) is 0 Å². The van der Waals surface area contributed by atoms with E-state index in [4.69, 9.17) is 27.9 Å². The summed E-state index contributed by atoms with van der Waals surface area (Å²) in [5, 5.41) is 2.29. The maximum Gasteiger partial charge on any atom is 0.210 e. The molecule has 2 aromatic carbocycles. The summed E-state index contributed by atoms with van der Waals surface area (Å²) in [6.45, 7) is 2.00. The van der Waals surface area contributed by atoms with Crippen LogP contribution in [0.3, 0.4) is 0 Å². The van der Waals surface area contributed by atoms with Crippen LogP contribution in [0.15, 0.2) is 36.5 Å². The number of rotatable bonds is 3. The standard InChI is InChI=1S/C19H14Cl2N2O2/c1-9-8-22-12-4-3-10(7-11(9)12)19(24)18-17(21)15-13(23-18)5-6-14(25-2)16(15)20/h3-8,22-23H,1-2H3. The molecular formula is C19H14Cl2N2O2. The van der Waals surface area contributed by atoms with E-state index in [0.717, 1.165) is 16.5 Å². The minimum atomic E-state index is -0.182. The number of nitrogens with one attached hydrogen (secondary N) is 2. The van der Waals surface area contributed by atoms with Crippen molar-refractivity contribution < 1.29 is 9.53 Å². The summed E-state index contributed by atoms with van der Waals surface area (Å²) in [7, 11) is 1.54. The largest absolute Gasteiger partial charge is 0.495 e. The van der Waals surface area contributed by atoms with E-state index in [9.17, 15) is 4.79 Å². The Labute approximate surface area is 153 Å². The molecule has 2 aromatic heterocycles. The lowest BCUT2D eigenvalue weighted by Gasteiger charge is -2.03. The van der Waals surface area contributed by atoms with Crippen LogP contribution in [0.25, 0.3) is 21.8 Å². The van der Waals surface area contributed by atoms with Crippen LogP contribution in [0.4, 0.5) is 0 Å². The molecule has 0 saturated heterocycles. The molecule has 6 heteroatoms. The molecule has 0 unspecified atom stereocenters. The van der Waals surface area contributed by atoms with E-state index in [2.05, 4.69) is 9.97 Å². The number of carbonyl (C=O) groups excluding carboxylic acids is 1. The highest BCUT2D eigenvalue weighted by atomic mass is 35.5. The molecule has 0 aliphatic rings. The lowest BCUT2D eigenvalue weighted by molar-refractivity contribution is 0.103. The maximum atomic E-state index is 13.0. The van der Waals surface area contributed by atoms with E-state index in [0.29, 0.717) is 38.0 Å². The number of ether oxygens (including phenoxy) is 1. The van der Waals surface area contributed by atoms with Crippen molar-refractivity contribution in [2.24, 2.45) is 0 Å². The third-order valence-electron chi connectivity index (χ3n) is 4.40. The van der Waals surface area contributed by atoms with Crippen molar-refractivity contribution >= 4 is 50.8 Å². The number of benzene rings is 2. The highest BCUT2D eigenvalue weighted by Crippen LogP contribution is 2.39. The van der Waals surface area contributed by atoms with Crippen LogP contribution in [0.2, 0.25) is 10.0 Å². The normalized spacial score (nSPS) is 11.4. The molecule has 4 rings (SSSR count). The number of aromatic amines is 2. The molecule has 4 aromatic rings. The number of hydrogen-bond acceptors (Lipinski definition) is 2. The smallest absolute Gasteiger partial charge is 0.210 e. The molecule has 25 heavy (non-hydrogen) atoms. The Morgan fingerprint density at radius 2 is 1.84 bits per heavy atom. The average Bonchev–Trinajstić information content (AvgIpc) is 3.15. The summed E-state index contributed by atoms with van der Waals surface area (Å²) >= 11 is 12.8. The molecule has 0 bridgehead atoms. The van der Waals surface area contributed by atoms with Gasteiger partial charge in [0.05, 0.1) is 17.2 Å². The second kappa shape index (κ2) is 5.83. The third kappa shape index (κ3) is 2.41. The molecule has 4 nitrogen and oxygen atoms in total. The number of fused-ring (bicyclic) bond motifs is 2. The molecule has 2 N–H and O–H groups in total. The zero-order chi connectivity index (χ0) is 17.7. The Balaban J connectivity index is 1.88. The Bertz CT molecular complexity index is 1140. The van der Waals surface area contributed by atoms with Gasteiger partial charge in [0.1, 0.15) is 11.4 Å². The van der Waals surface area contributed by atoms with Crippen molar-refractivity contribution in [1.82, 2.24) is 9.97 Å². The zero-order valence-electron chi connectivity index (χ0n) is 13.5. The predicted molar refractivity (Wildman–Crippen MR) is 101 cm³/mol. The monoisotopic (exact) mass is 372 g/mol. The lowest BCUT2D eigenvalue weighted by Crippen LogP contribution is -2.02. The molecule has 0 radical (unpaired) electrons. The van der Waals surface area contributed by atoms with E-state index in [1.54, 1.807) is 18.2 Å². The van der Waals surface area contributed by atoms with Gasteiger partial charge in [0.15, 0.2) is 0 Å². The van der Waals surface area contributed by atoms with E-state index < -0.39 is 0 Å². The number of aromatic nitrogens is 2. The molecule has 0 atom stereocenters. The van der Waals surface area contributed by atoms with Crippen molar-refractivity contribution in [2.45, 2.75) is 6.92 Å². The molecule has 2 heterocycles. The highest BCUT2D eigenvalue weighted by Gasteiger charge is 2.21. The van der Waals surface area contributed by atoms with Gasteiger partial charge in [-0.05, 0) is 42.8 Å². The van der Waals surface area contributed by atoms with Gasteiger partial charge in [-0.2, -0.15) is 0 Å². The number of H-pyrrole nitrogens is 2. The molecule has 126 valence electrons. The minimum Gasteiger partial charge on any atom is -0.495 e. The molecule has 0 aliphatic carbocycles. The van der Waals surface area contributed by atoms with Gasteiger partial charge in [0.2, 0.25) is 5.78 Å². The number of hydrogen-bond donors (Lipinski definition) is 2. The fraction of sp³-hybridized carbons (Fsp3) is 0.105. The van der Waals surface area contributed by atoms with Crippen LogP contribution in [0.5, 0.6) is 5.75 Å². The second-order valence-electron chi connectivity index (χ2n) is 5.88. The number of carbonyl (C=O) groups is 1. The first-order chi connectivity index (χ1) is 12.0. The quantitative estimate of drug-likeness (QED) is 0.466. The predicted octanol–water partition coefficient (Wildman–Crippen LogP) is 5.50. The SMILES string of the molecule is COc1ccc2[nH]c(C(=O)c3ccc4[nH]cc(C)c4c3)c(Cl)c2c1Cl. The fourth-order valence-electron chi connectivity index (χ4n) is 3.05. The maximum absolute atomic E-state index is 13.0. The summed E-state index contributed by atoms with van der Waals surface area (Å²) in [5.74, 6) is 0.331. The van der Waals surface area contributed by atoms with Gasteiger partial charge in [-0.1, -0.05) is 23.2 Å². The van der Waals surface area contributed by atoms with E-state index >= 15 is 0 Å². The van der Waals surface area contributed by atoms with Gasteiger partial charge >= 0.3 is 0 Å². The van der Waals surface area contributed by atoms with Crippen LogP contribution in [0, 0.1) is 6.92 Å². The third-order valence-corrected chi connectivity index (χ3v) is 5.16. The van der Waals surface area contributed by atoms with Gasteiger partial charge in [-0.3, -0.25) is 4.79 Å². The Hall–Kier alpha value is -2.43. The summed E-state index contributed by atoms with van der Waals surface area (Å²) in [6.07, 6.45) is 1.92. The van der Waals surface area contributed by atoms with Crippen molar-refractivity contribution in [3.05, 3.63) is 63.4 Å². The van der Waals surface area contributed by atoms with Crippen LogP contribution >= 0.6 is 23.2 Å². The van der Waals surface area contributed by atoms with E-state index in [-0.39, 0.29) is 5.78 Å². The van der Waals surface area contributed by atoms with Gasteiger partial charge in [-0.25, -0.2) is 0 Å². The molecule has 0 saturated carbocycles. The Morgan fingerprint density at radius 3 is 2.60 bits per heavy atom. The summed E-state index contributed by atoms with van der Waals surface area (Å²) in [5.41, 5.74) is 3.65. The number of aryl methyl sites for hydroxylation is 1. The first-order valence-corrected chi connectivity index (χ1v) is 8.43. The Kier molecular flexibility index (Phi) is 3.74. The van der Waals surface area contributed by atoms with Crippen molar-refractivity contribution in [1.29, 1.82) is 0 Å². The van der Waals surface area contributed by atoms with Crippen molar-refractivity contribution in [3.63, 3.8) is 0 Å². The van der Waals surface area contributed by atoms with Crippen LogP contribution in [-0.4, -0.2) is 22.9 Å². The summed E-state index contributed by atoms with van der Waals surface area (Å²) in [6, 6.07) is 9.07. The van der Waals surface area contributed by atoms with Gasteiger partial charge in [0.25, 0.3) is 0 Å². The lowest BCUT2D eigenvalue weighted by atomic mass is 10.0. The topological polar surface area (TPSA) is 57.9 Å². The number of halogens is 2. The van der Waals surface area contributed by atoms with Gasteiger partial charge < -0.3 is 14.7 Å². The fourth-order valence-corrected chi connectivity index (χ4v) is 3.76. The number of ketones is 1. The van der Waals surface area contributed by atoms with Crippen LogP contribution in [0.1, 0.15) is 21.6 Å². The zero-order valence-corrected chi connectivity index (χ0v) is 15.0. The molecule has 0 fully saturated rings. The van der Waals surface area contributed by atoms with Crippen molar-refractivity contribution in [2.75, 3.05) is 7.11 Å². The van der Waals surface area contributed by atoms with E-state index in [1.807, 2.05) is 25.3 Å². The van der Waals surface area contributed by atoms with Gasteiger partial charge in [-0.15, -0.1) is 0 Å². The summed E-state index contributed by atoms with van der Waals surface area (Å²) < 4.78 is 5.22. The minimum absolute atomic E-state index is 0.182. The van der Waals surface area contributed by atoms with Gasteiger partial charge in [0, 0.05) is 33.6 Å². The molecule has 0 aliphatic heterocycles. The Morgan fingerprint density at radius 1 is 1.08 bits per heavy atom. The van der Waals surface area contributed by atoms with E-state index in [1.165, 1.54) is 7.11 Å². The van der Waals surface area contributed by atoms with Crippen molar-refractivity contribution in [3.8, 4) is 5.75 Å². The molecule has 0 amide bonds. The highest BCUT2D eigenvalue weighted by molar-refractivity contribution is 6.45. The molecular weight excluding hydrogens is 359 g/mol. The first-order valence-electron chi connectivity index (χ1n) is 7.67. The summed E-state index contributed by atoms with van der Waals surface area (Å²) in [4.78, 5) is 19.2. The first kappa shape index (κ1) is 16.1. The average molecular weight is 373 g/mol. The second-order valence-corrected chi connectivity index (χ2v) is 6.64. The number of methoxy groups -OCH3 is 1.